The van der Waals surface area contributed by atoms with E-state index in [-0.39, 0.29) is 6.09 Å². The summed E-state index contributed by atoms with van der Waals surface area (Å²) in [5.41, 5.74) is 1.18. The topological polar surface area (TPSA) is 41.6 Å². The fraction of sp³-hybridized carbons (Fsp3) is 0.462. The van der Waals surface area contributed by atoms with Crippen LogP contribution < -0.4 is 10.2 Å². The number of rotatable bonds is 3. The lowest BCUT2D eigenvalue weighted by atomic mass is 10.1. The van der Waals surface area contributed by atoms with Gasteiger partial charge in [0.05, 0.1) is 7.11 Å². The lowest BCUT2D eigenvalue weighted by Crippen LogP contribution is -2.30. The molecule has 1 aromatic rings. The normalized spacial score (nSPS) is 18.8. The van der Waals surface area contributed by atoms with Crippen LogP contribution in [0.25, 0.3) is 0 Å². The third-order valence-electron chi connectivity index (χ3n) is 3.20. The second-order valence-corrected chi connectivity index (χ2v) is 4.89. The van der Waals surface area contributed by atoms with Gasteiger partial charge < -0.3 is 15.0 Å². The average molecular weight is 269 g/mol. The molecule has 0 radical (unpaired) electrons. The number of methoxy groups -OCH3 is 1. The molecule has 0 bridgehead atoms. The molecule has 1 fully saturated rings. The molecule has 0 spiro atoms. The van der Waals surface area contributed by atoms with Crippen molar-refractivity contribution in [2.45, 2.75) is 6.42 Å². The van der Waals surface area contributed by atoms with E-state index in [1.54, 1.807) is 0 Å². The van der Waals surface area contributed by atoms with Crippen LogP contribution in [0.4, 0.5) is 10.5 Å². The van der Waals surface area contributed by atoms with Gasteiger partial charge in [0.25, 0.3) is 0 Å². The van der Waals surface area contributed by atoms with Gasteiger partial charge in [0.2, 0.25) is 0 Å². The van der Waals surface area contributed by atoms with E-state index in [0.29, 0.717) is 12.5 Å². The van der Waals surface area contributed by atoms with E-state index in [1.807, 2.05) is 24.3 Å². The summed E-state index contributed by atoms with van der Waals surface area (Å²) in [4.78, 5) is 13.3. The first-order valence-corrected chi connectivity index (χ1v) is 6.39. The molecule has 1 aliphatic rings. The van der Waals surface area contributed by atoms with E-state index in [9.17, 15) is 4.79 Å². The molecule has 18 heavy (non-hydrogen) atoms. The molecule has 1 saturated heterocycles. The first kappa shape index (κ1) is 13.0. The second-order valence-electron chi connectivity index (χ2n) is 4.45. The maximum Gasteiger partial charge on any atom is 0.406 e. The molecule has 0 aromatic heterocycles. The molecule has 2 rings (SSSR count). The summed E-state index contributed by atoms with van der Waals surface area (Å²) in [6, 6.07) is 7.85. The Morgan fingerprint density at radius 3 is 2.89 bits per heavy atom. The molecule has 1 aromatic carbocycles. The van der Waals surface area contributed by atoms with Gasteiger partial charge in [0.15, 0.2) is 0 Å². The Hall–Kier alpha value is -1.42. The summed E-state index contributed by atoms with van der Waals surface area (Å²) in [6.45, 7) is 2.62. The molecular weight excluding hydrogens is 252 g/mol. The van der Waals surface area contributed by atoms with Crippen LogP contribution in [0, 0.1) is 5.92 Å². The smallest absolute Gasteiger partial charge is 0.406 e. The van der Waals surface area contributed by atoms with E-state index < -0.39 is 0 Å². The van der Waals surface area contributed by atoms with Crippen molar-refractivity contribution in [1.29, 1.82) is 0 Å². The highest BCUT2D eigenvalue weighted by Crippen LogP contribution is 2.24. The predicted molar refractivity (Wildman–Crippen MR) is 72.2 cm³/mol. The van der Waals surface area contributed by atoms with Gasteiger partial charge in [0, 0.05) is 30.3 Å². The Morgan fingerprint density at radius 2 is 2.22 bits per heavy atom. The Bertz CT molecular complexity index is 408. The van der Waals surface area contributed by atoms with Gasteiger partial charge in [-0.2, -0.15) is 0 Å². The van der Waals surface area contributed by atoms with Crippen LogP contribution in [-0.4, -0.2) is 32.8 Å². The number of carbonyl (C=O) groups is 1. The molecule has 1 aliphatic heterocycles. The molecule has 1 atom stereocenters. The molecular formula is C13H17ClN2O2. The lowest BCUT2D eigenvalue weighted by Gasteiger charge is -2.18. The van der Waals surface area contributed by atoms with Crippen molar-refractivity contribution in [3.05, 3.63) is 29.3 Å². The van der Waals surface area contributed by atoms with Crippen LogP contribution in [0.3, 0.4) is 0 Å². The molecule has 5 heteroatoms. The van der Waals surface area contributed by atoms with E-state index in [2.05, 4.69) is 15.0 Å². The number of halogens is 1. The number of alkyl carbamates (subject to hydrolysis) is 1. The number of benzene rings is 1. The van der Waals surface area contributed by atoms with Crippen molar-refractivity contribution in [2.24, 2.45) is 5.92 Å². The fourth-order valence-electron chi connectivity index (χ4n) is 2.19. The number of ether oxygens (including phenoxy) is 1. The lowest BCUT2D eigenvalue weighted by molar-refractivity contribution is 0.169. The van der Waals surface area contributed by atoms with Gasteiger partial charge >= 0.3 is 6.09 Å². The Morgan fingerprint density at radius 1 is 1.50 bits per heavy atom. The third kappa shape index (κ3) is 3.29. The fourth-order valence-corrected chi connectivity index (χ4v) is 2.31. The van der Waals surface area contributed by atoms with Gasteiger partial charge in [-0.1, -0.05) is 11.6 Å². The second kappa shape index (κ2) is 5.96. The number of carbonyl (C=O) groups excluding carboxylic acids is 1. The van der Waals surface area contributed by atoms with E-state index in [1.165, 1.54) is 12.8 Å². The molecule has 98 valence electrons. The van der Waals surface area contributed by atoms with E-state index in [4.69, 9.17) is 11.6 Å². The van der Waals surface area contributed by atoms with Crippen LogP contribution in [0.5, 0.6) is 0 Å². The molecule has 1 amide bonds. The Labute approximate surface area is 112 Å². The zero-order valence-electron chi connectivity index (χ0n) is 10.4. The minimum absolute atomic E-state index is 0.361. The Kier molecular flexibility index (Phi) is 4.31. The maximum atomic E-state index is 11.0. The molecule has 0 aliphatic carbocycles. The zero-order valence-corrected chi connectivity index (χ0v) is 11.1. The highest BCUT2D eigenvalue weighted by molar-refractivity contribution is 6.30. The van der Waals surface area contributed by atoms with Crippen LogP contribution in [0.1, 0.15) is 6.42 Å². The molecule has 0 saturated carbocycles. The first-order valence-electron chi connectivity index (χ1n) is 6.01. The summed E-state index contributed by atoms with van der Waals surface area (Å²) in [6.07, 6.45) is 0.715. The van der Waals surface area contributed by atoms with Crippen molar-refractivity contribution in [3.8, 4) is 0 Å². The Balaban J connectivity index is 1.84. The predicted octanol–water partition coefficient (Wildman–Crippen LogP) is 2.52. The van der Waals surface area contributed by atoms with Crippen molar-refractivity contribution in [1.82, 2.24) is 5.32 Å². The van der Waals surface area contributed by atoms with Gasteiger partial charge in [-0.25, -0.2) is 4.79 Å². The largest absolute Gasteiger partial charge is 0.453 e. The van der Waals surface area contributed by atoms with Crippen molar-refractivity contribution >= 4 is 23.4 Å². The monoisotopic (exact) mass is 268 g/mol. The number of anilines is 1. The number of hydrogen-bond donors (Lipinski definition) is 1. The zero-order chi connectivity index (χ0) is 13.0. The molecule has 1 heterocycles. The molecule has 1 N–H and O–H groups in total. The van der Waals surface area contributed by atoms with Gasteiger partial charge in [-0.05, 0) is 36.6 Å². The maximum absolute atomic E-state index is 11.0. The van der Waals surface area contributed by atoms with Crippen LogP contribution in [-0.2, 0) is 4.74 Å². The summed E-state index contributed by atoms with van der Waals surface area (Å²) in [7, 11) is 1.38. The minimum atomic E-state index is -0.361. The quantitative estimate of drug-likeness (QED) is 0.916. The highest BCUT2D eigenvalue weighted by atomic mass is 35.5. The number of nitrogens with one attached hydrogen (secondary N) is 1. The van der Waals surface area contributed by atoms with Crippen LogP contribution in [0.15, 0.2) is 24.3 Å². The van der Waals surface area contributed by atoms with Gasteiger partial charge in [0.1, 0.15) is 0 Å². The van der Waals surface area contributed by atoms with Crippen LogP contribution >= 0.6 is 11.6 Å². The third-order valence-corrected chi connectivity index (χ3v) is 3.45. The summed E-state index contributed by atoms with van der Waals surface area (Å²) < 4.78 is 4.56. The van der Waals surface area contributed by atoms with Gasteiger partial charge in [-0.15, -0.1) is 0 Å². The average Bonchev–Trinajstić information content (AvgIpc) is 2.85. The minimum Gasteiger partial charge on any atom is -0.453 e. The van der Waals surface area contributed by atoms with Crippen molar-refractivity contribution in [3.63, 3.8) is 0 Å². The van der Waals surface area contributed by atoms with Gasteiger partial charge in [-0.3, -0.25) is 0 Å². The number of hydrogen-bond acceptors (Lipinski definition) is 3. The van der Waals surface area contributed by atoms with Crippen molar-refractivity contribution < 1.29 is 9.53 Å². The summed E-state index contributed by atoms with van der Waals surface area (Å²) in [5.74, 6) is 0.472. The molecule has 1 unspecified atom stereocenters. The van der Waals surface area contributed by atoms with E-state index >= 15 is 0 Å². The van der Waals surface area contributed by atoms with Crippen molar-refractivity contribution in [2.75, 3.05) is 31.6 Å². The number of nitrogens with zero attached hydrogens (tertiary/aromatic N) is 1. The number of amides is 1. The standard InChI is InChI=1S/C13H17ClN2O2/c1-18-13(17)15-8-10-6-7-16(9-10)12-4-2-11(14)3-5-12/h2-5,10H,6-9H2,1H3,(H,15,17). The molecule has 4 nitrogen and oxygen atoms in total. The first-order chi connectivity index (χ1) is 8.69. The highest BCUT2D eigenvalue weighted by Gasteiger charge is 2.23. The van der Waals surface area contributed by atoms with E-state index in [0.717, 1.165) is 24.5 Å². The SMILES string of the molecule is COC(=O)NCC1CCN(c2ccc(Cl)cc2)C1. The summed E-state index contributed by atoms with van der Waals surface area (Å²) in [5, 5.41) is 3.50. The summed E-state index contributed by atoms with van der Waals surface area (Å²) >= 11 is 5.87. The van der Waals surface area contributed by atoms with Crippen LogP contribution in [0.2, 0.25) is 5.02 Å².